The van der Waals surface area contributed by atoms with Crippen LogP contribution in [0.2, 0.25) is 0 Å². The minimum absolute atomic E-state index is 0.00361. The quantitative estimate of drug-likeness (QED) is 0.688. The van der Waals surface area contributed by atoms with Crippen LogP contribution in [0.1, 0.15) is 19.3 Å². The Morgan fingerprint density at radius 1 is 1.44 bits per heavy atom. The van der Waals surface area contributed by atoms with Crippen LogP contribution < -0.4 is 16.0 Å². The summed E-state index contributed by atoms with van der Waals surface area (Å²) < 4.78 is 18.6. The number of benzene rings is 1. The Morgan fingerprint density at radius 3 is 2.88 bits per heavy atom. The molecule has 1 saturated carbocycles. The maximum Gasteiger partial charge on any atom is 0.148 e. The van der Waals surface area contributed by atoms with Crippen LogP contribution in [0.4, 0.5) is 10.1 Å². The van der Waals surface area contributed by atoms with Crippen LogP contribution >= 0.6 is 0 Å². The second-order valence-electron chi connectivity index (χ2n) is 4.07. The molecule has 0 radical (unpaired) electrons. The Labute approximate surface area is 93.2 Å². The molecule has 2 atom stereocenters. The van der Waals surface area contributed by atoms with Gasteiger partial charge in [-0.1, -0.05) is 0 Å². The molecule has 16 heavy (non-hydrogen) atoms. The van der Waals surface area contributed by atoms with Gasteiger partial charge in [-0.3, -0.25) is 10.7 Å². The Kier molecular flexibility index (Phi) is 3.26. The van der Waals surface area contributed by atoms with Gasteiger partial charge in [-0.05, 0) is 31.4 Å². The first-order valence-electron chi connectivity index (χ1n) is 5.31. The van der Waals surface area contributed by atoms with Gasteiger partial charge in [0.05, 0.1) is 0 Å². The molecule has 2 rings (SSSR count). The van der Waals surface area contributed by atoms with E-state index in [0.29, 0.717) is 11.4 Å². The molecule has 1 aromatic rings. The third-order valence-corrected chi connectivity index (χ3v) is 2.78. The zero-order chi connectivity index (χ0) is 11.5. The molecule has 1 aliphatic rings. The summed E-state index contributed by atoms with van der Waals surface area (Å²) in [4.78, 5) is 0. The normalized spacial score (nSPS) is 24.4. The summed E-state index contributed by atoms with van der Waals surface area (Å²) in [5.41, 5.74) is 8.11. The smallest absolute Gasteiger partial charge is 0.148 e. The summed E-state index contributed by atoms with van der Waals surface area (Å²) in [5, 5.41) is 8.86. The molecule has 1 aromatic carbocycles. The fourth-order valence-corrected chi connectivity index (χ4v) is 1.95. The van der Waals surface area contributed by atoms with Gasteiger partial charge in [-0.15, -0.1) is 0 Å². The maximum absolute atomic E-state index is 13.0. The SMILES string of the molecule is N[C@H]1CC[C@H](Oc2cc(F)ccc2NO)C1. The predicted octanol–water partition coefficient (Wildman–Crippen LogP) is 1.89. The topological polar surface area (TPSA) is 67.5 Å². The van der Waals surface area contributed by atoms with E-state index in [1.807, 2.05) is 5.48 Å². The first-order valence-corrected chi connectivity index (χ1v) is 5.31. The molecular weight excluding hydrogens is 211 g/mol. The minimum Gasteiger partial charge on any atom is -0.488 e. The second-order valence-corrected chi connectivity index (χ2v) is 4.07. The molecule has 0 bridgehead atoms. The van der Waals surface area contributed by atoms with Crippen molar-refractivity contribution < 1.29 is 14.3 Å². The van der Waals surface area contributed by atoms with E-state index in [0.717, 1.165) is 19.3 Å². The van der Waals surface area contributed by atoms with Crippen molar-refractivity contribution >= 4 is 5.69 Å². The van der Waals surface area contributed by atoms with Crippen LogP contribution in [0, 0.1) is 5.82 Å². The average molecular weight is 226 g/mol. The monoisotopic (exact) mass is 226 g/mol. The zero-order valence-corrected chi connectivity index (χ0v) is 8.82. The molecule has 4 nitrogen and oxygen atoms in total. The van der Waals surface area contributed by atoms with Gasteiger partial charge >= 0.3 is 0 Å². The van der Waals surface area contributed by atoms with Crippen molar-refractivity contribution in [3.63, 3.8) is 0 Å². The highest BCUT2D eigenvalue weighted by Gasteiger charge is 2.24. The first-order chi connectivity index (χ1) is 7.69. The number of rotatable bonds is 3. The van der Waals surface area contributed by atoms with E-state index < -0.39 is 5.82 Å². The van der Waals surface area contributed by atoms with Crippen molar-refractivity contribution in [3.8, 4) is 5.75 Å². The molecule has 5 heteroatoms. The molecule has 4 N–H and O–H groups in total. The van der Waals surface area contributed by atoms with Crippen molar-refractivity contribution in [2.24, 2.45) is 5.73 Å². The van der Waals surface area contributed by atoms with Crippen LogP contribution in [-0.2, 0) is 0 Å². The van der Waals surface area contributed by atoms with E-state index in [9.17, 15) is 4.39 Å². The molecule has 0 heterocycles. The molecular formula is C11H15FN2O2. The lowest BCUT2D eigenvalue weighted by Crippen LogP contribution is -2.19. The van der Waals surface area contributed by atoms with Crippen LogP contribution in [0.15, 0.2) is 18.2 Å². The summed E-state index contributed by atoms with van der Waals surface area (Å²) in [6, 6.07) is 4.09. The molecule has 0 aromatic heterocycles. The third-order valence-electron chi connectivity index (χ3n) is 2.78. The highest BCUT2D eigenvalue weighted by atomic mass is 19.1. The molecule has 0 amide bonds. The van der Waals surface area contributed by atoms with E-state index in [1.54, 1.807) is 0 Å². The van der Waals surface area contributed by atoms with Crippen molar-refractivity contribution in [1.29, 1.82) is 0 Å². The van der Waals surface area contributed by atoms with Gasteiger partial charge in [-0.25, -0.2) is 4.39 Å². The van der Waals surface area contributed by atoms with E-state index in [-0.39, 0.29) is 12.1 Å². The molecule has 0 spiro atoms. The molecule has 0 saturated heterocycles. The Bertz CT molecular complexity index is 373. The van der Waals surface area contributed by atoms with E-state index in [4.69, 9.17) is 15.7 Å². The highest BCUT2D eigenvalue weighted by molar-refractivity contribution is 5.54. The fraction of sp³-hybridized carbons (Fsp3) is 0.455. The first kappa shape index (κ1) is 11.2. The maximum atomic E-state index is 13.0. The minimum atomic E-state index is -0.392. The summed E-state index contributed by atoms with van der Waals surface area (Å²) in [6.07, 6.45) is 2.55. The zero-order valence-electron chi connectivity index (χ0n) is 8.82. The molecule has 1 fully saturated rings. The van der Waals surface area contributed by atoms with Gasteiger partial charge in [0.2, 0.25) is 0 Å². The van der Waals surface area contributed by atoms with Gasteiger partial charge in [-0.2, -0.15) is 0 Å². The second kappa shape index (κ2) is 4.67. The number of halogens is 1. The van der Waals surface area contributed by atoms with Gasteiger partial charge in [0.1, 0.15) is 23.4 Å². The lowest BCUT2D eigenvalue weighted by atomic mass is 10.2. The average Bonchev–Trinajstić information content (AvgIpc) is 2.64. The Morgan fingerprint density at radius 2 is 2.25 bits per heavy atom. The van der Waals surface area contributed by atoms with Crippen molar-refractivity contribution in [1.82, 2.24) is 0 Å². The Balaban J connectivity index is 2.10. The van der Waals surface area contributed by atoms with E-state index >= 15 is 0 Å². The highest BCUT2D eigenvalue weighted by Crippen LogP contribution is 2.29. The summed E-state index contributed by atoms with van der Waals surface area (Å²) >= 11 is 0. The summed E-state index contributed by atoms with van der Waals surface area (Å²) in [5.74, 6) is -0.0714. The summed E-state index contributed by atoms with van der Waals surface area (Å²) in [7, 11) is 0. The number of hydrogen-bond donors (Lipinski definition) is 3. The number of nitrogens with two attached hydrogens (primary N) is 1. The number of anilines is 1. The predicted molar refractivity (Wildman–Crippen MR) is 58.1 cm³/mol. The molecule has 1 aliphatic carbocycles. The van der Waals surface area contributed by atoms with E-state index in [1.165, 1.54) is 18.2 Å². The fourth-order valence-electron chi connectivity index (χ4n) is 1.95. The third kappa shape index (κ3) is 2.43. The van der Waals surface area contributed by atoms with Crippen molar-refractivity contribution in [2.45, 2.75) is 31.4 Å². The molecule has 88 valence electrons. The standard InChI is InChI=1S/C11H15FN2O2/c12-7-1-4-10(14-15)11(5-7)16-9-3-2-8(13)6-9/h1,4-5,8-9,14-15H,2-3,6,13H2/t8-,9-/m0/s1. The van der Waals surface area contributed by atoms with Gasteiger partial charge in [0, 0.05) is 12.1 Å². The van der Waals surface area contributed by atoms with Gasteiger partial charge in [0.25, 0.3) is 0 Å². The van der Waals surface area contributed by atoms with Gasteiger partial charge < -0.3 is 10.5 Å². The van der Waals surface area contributed by atoms with Crippen LogP contribution in [-0.4, -0.2) is 17.4 Å². The van der Waals surface area contributed by atoms with Gasteiger partial charge in [0.15, 0.2) is 0 Å². The number of nitrogens with one attached hydrogen (secondary N) is 1. The van der Waals surface area contributed by atoms with E-state index in [2.05, 4.69) is 0 Å². The van der Waals surface area contributed by atoms with Crippen molar-refractivity contribution in [3.05, 3.63) is 24.0 Å². The number of hydrogen-bond acceptors (Lipinski definition) is 4. The largest absolute Gasteiger partial charge is 0.488 e. The number of ether oxygens (including phenoxy) is 1. The Hall–Kier alpha value is -1.33. The van der Waals surface area contributed by atoms with Crippen molar-refractivity contribution in [2.75, 3.05) is 5.48 Å². The van der Waals surface area contributed by atoms with Crippen LogP contribution in [0.5, 0.6) is 5.75 Å². The lowest BCUT2D eigenvalue weighted by molar-refractivity contribution is 0.207. The molecule has 0 unspecified atom stereocenters. The summed E-state index contributed by atoms with van der Waals surface area (Å²) in [6.45, 7) is 0. The van der Waals surface area contributed by atoms with Crippen LogP contribution in [0.25, 0.3) is 0 Å². The lowest BCUT2D eigenvalue weighted by Gasteiger charge is -2.16. The molecule has 0 aliphatic heterocycles. The van der Waals surface area contributed by atoms with Crippen LogP contribution in [0.3, 0.4) is 0 Å².